The molecule has 0 bridgehead atoms. The summed E-state index contributed by atoms with van der Waals surface area (Å²) in [5.74, 6) is 1.62. The first-order valence-electron chi connectivity index (χ1n) is 7.49. The smallest absolute Gasteiger partial charge is 0.161 e. The van der Waals surface area contributed by atoms with E-state index in [1.807, 2.05) is 25.1 Å². The zero-order valence-electron chi connectivity index (χ0n) is 13.1. The molecule has 0 heterocycles. The summed E-state index contributed by atoms with van der Waals surface area (Å²) < 4.78 is 11.5. The second kappa shape index (κ2) is 9.61. The fourth-order valence-electron chi connectivity index (χ4n) is 1.73. The Labute approximate surface area is 122 Å². The van der Waals surface area contributed by atoms with E-state index in [1.54, 1.807) is 0 Å². The van der Waals surface area contributed by atoms with Gasteiger partial charge in [-0.1, -0.05) is 19.9 Å². The Balaban J connectivity index is 2.82. The van der Waals surface area contributed by atoms with Gasteiger partial charge in [-0.05, 0) is 44.4 Å². The highest BCUT2D eigenvalue weighted by atomic mass is 16.6. The molecule has 1 rings (SSSR count). The maximum Gasteiger partial charge on any atom is 0.161 e. The van der Waals surface area contributed by atoms with Crippen LogP contribution in [0, 0.1) is 0 Å². The van der Waals surface area contributed by atoms with E-state index in [1.165, 1.54) is 0 Å². The lowest BCUT2D eigenvalue weighted by atomic mass is 10.1. The van der Waals surface area contributed by atoms with Crippen LogP contribution in [0.1, 0.15) is 52.1 Å². The van der Waals surface area contributed by atoms with E-state index in [2.05, 4.69) is 26.3 Å². The minimum atomic E-state index is 0.110. The van der Waals surface area contributed by atoms with Gasteiger partial charge in [-0.15, -0.1) is 0 Å². The van der Waals surface area contributed by atoms with Gasteiger partial charge in [0.05, 0.1) is 25.9 Å². The van der Waals surface area contributed by atoms with Gasteiger partial charge in [0, 0.05) is 0 Å². The quantitative estimate of drug-likeness (QED) is 0.661. The van der Waals surface area contributed by atoms with Crippen molar-refractivity contribution in [2.45, 2.75) is 46.6 Å². The van der Waals surface area contributed by atoms with Crippen molar-refractivity contribution in [1.82, 2.24) is 5.48 Å². The third kappa shape index (κ3) is 5.39. The SMILES string of the molecule is CCCOc1ccc(C(C)NOCC)cc1OCCC. The predicted octanol–water partition coefficient (Wildman–Crippen LogP) is 3.87. The summed E-state index contributed by atoms with van der Waals surface area (Å²) in [6, 6.07) is 6.15. The first kappa shape index (κ1) is 16.8. The average molecular weight is 281 g/mol. The molecule has 0 aromatic heterocycles. The van der Waals surface area contributed by atoms with Gasteiger partial charge in [-0.2, -0.15) is 5.48 Å². The van der Waals surface area contributed by atoms with Crippen LogP contribution in [0.25, 0.3) is 0 Å². The van der Waals surface area contributed by atoms with Gasteiger partial charge in [-0.3, -0.25) is 0 Å². The van der Waals surface area contributed by atoms with Crippen molar-refractivity contribution in [3.8, 4) is 11.5 Å². The molecule has 1 N–H and O–H groups in total. The molecule has 4 nitrogen and oxygen atoms in total. The number of benzene rings is 1. The van der Waals surface area contributed by atoms with Gasteiger partial charge in [0.1, 0.15) is 0 Å². The molecule has 0 aliphatic rings. The Kier molecular flexibility index (Phi) is 8.07. The largest absolute Gasteiger partial charge is 0.490 e. The Morgan fingerprint density at radius 2 is 1.65 bits per heavy atom. The Morgan fingerprint density at radius 3 is 2.25 bits per heavy atom. The van der Waals surface area contributed by atoms with Gasteiger partial charge in [0.25, 0.3) is 0 Å². The summed E-state index contributed by atoms with van der Waals surface area (Å²) in [7, 11) is 0. The van der Waals surface area contributed by atoms with Crippen LogP contribution in [-0.4, -0.2) is 19.8 Å². The molecule has 0 radical (unpaired) electrons. The van der Waals surface area contributed by atoms with Gasteiger partial charge in [0.2, 0.25) is 0 Å². The Morgan fingerprint density at radius 1 is 1.00 bits per heavy atom. The number of rotatable bonds is 10. The number of ether oxygens (including phenoxy) is 2. The van der Waals surface area contributed by atoms with E-state index in [0.717, 1.165) is 29.9 Å². The molecule has 0 fully saturated rings. The topological polar surface area (TPSA) is 39.7 Å². The lowest BCUT2D eigenvalue weighted by molar-refractivity contribution is 0.0284. The second-order valence-electron chi connectivity index (χ2n) is 4.68. The fraction of sp³-hybridized carbons (Fsp3) is 0.625. The maximum absolute atomic E-state index is 5.79. The first-order valence-corrected chi connectivity index (χ1v) is 7.49. The number of hydrogen-bond donors (Lipinski definition) is 1. The Bertz CT molecular complexity index is 382. The molecule has 0 amide bonds. The molecule has 20 heavy (non-hydrogen) atoms. The van der Waals surface area contributed by atoms with Crippen LogP contribution < -0.4 is 15.0 Å². The summed E-state index contributed by atoms with van der Waals surface area (Å²) in [6.45, 7) is 10.2. The van der Waals surface area contributed by atoms with Crippen LogP contribution in [0.5, 0.6) is 11.5 Å². The molecule has 1 aromatic carbocycles. The molecule has 114 valence electrons. The molecular weight excluding hydrogens is 254 g/mol. The molecule has 4 heteroatoms. The van der Waals surface area contributed by atoms with E-state index in [9.17, 15) is 0 Å². The highest BCUT2D eigenvalue weighted by Gasteiger charge is 2.11. The van der Waals surface area contributed by atoms with Crippen molar-refractivity contribution in [3.63, 3.8) is 0 Å². The number of nitrogens with one attached hydrogen (secondary N) is 1. The highest BCUT2D eigenvalue weighted by molar-refractivity contribution is 5.43. The molecule has 1 atom stereocenters. The summed E-state index contributed by atoms with van der Waals surface area (Å²) in [5, 5.41) is 0. The summed E-state index contributed by atoms with van der Waals surface area (Å²) >= 11 is 0. The van der Waals surface area contributed by atoms with Crippen LogP contribution in [0.4, 0.5) is 0 Å². The van der Waals surface area contributed by atoms with E-state index in [-0.39, 0.29) is 6.04 Å². The summed E-state index contributed by atoms with van der Waals surface area (Å²) in [6.07, 6.45) is 1.96. The minimum Gasteiger partial charge on any atom is -0.490 e. The van der Waals surface area contributed by atoms with Gasteiger partial charge >= 0.3 is 0 Å². The van der Waals surface area contributed by atoms with Crippen molar-refractivity contribution in [2.75, 3.05) is 19.8 Å². The Hall–Kier alpha value is -1.26. The zero-order chi connectivity index (χ0) is 14.8. The first-order chi connectivity index (χ1) is 9.72. The van der Waals surface area contributed by atoms with Crippen molar-refractivity contribution >= 4 is 0 Å². The molecule has 0 aliphatic heterocycles. The summed E-state index contributed by atoms with van der Waals surface area (Å²) in [4.78, 5) is 5.24. The van der Waals surface area contributed by atoms with E-state index in [4.69, 9.17) is 14.3 Å². The van der Waals surface area contributed by atoms with Crippen molar-refractivity contribution < 1.29 is 14.3 Å². The average Bonchev–Trinajstić information content (AvgIpc) is 2.48. The van der Waals surface area contributed by atoms with Gasteiger partial charge in [-0.25, -0.2) is 0 Å². The second-order valence-corrected chi connectivity index (χ2v) is 4.68. The molecule has 1 unspecified atom stereocenters. The standard InChI is InChI=1S/C16H27NO3/c1-5-10-18-15-9-8-14(13(4)17-20-7-3)12-16(15)19-11-6-2/h8-9,12-13,17H,5-7,10-11H2,1-4H3. The molecule has 0 saturated heterocycles. The van der Waals surface area contributed by atoms with E-state index < -0.39 is 0 Å². The lowest BCUT2D eigenvalue weighted by Crippen LogP contribution is -2.19. The molecule has 1 aromatic rings. The maximum atomic E-state index is 5.79. The van der Waals surface area contributed by atoms with Crippen molar-refractivity contribution in [1.29, 1.82) is 0 Å². The molecule has 0 aliphatic carbocycles. The van der Waals surface area contributed by atoms with Crippen molar-refractivity contribution in [2.24, 2.45) is 0 Å². The van der Waals surface area contributed by atoms with E-state index in [0.29, 0.717) is 19.8 Å². The summed E-state index contributed by atoms with van der Waals surface area (Å²) in [5.41, 5.74) is 4.12. The van der Waals surface area contributed by atoms with Crippen LogP contribution in [0.3, 0.4) is 0 Å². The van der Waals surface area contributed by atoms with Gasteiger partial charge < -0.3 is 14.3 Å². The van der Waals surface area contributed by atoms with Crippen LogP contribution >= 0.6 is 0 Å². The molecule has 0 spiro atoms. The predicted molar refractivity (Wildman–Crippen MR) is 81.2 cm³/mol. The lowest BCUT2D eigenvalue weighted by Gasteiger charge is -2.17. The van der Waals surface area contributed by atoms with Crippen LogP contribution in [0.2, 0.25) is 0 Å². The third-order valence-electron chi connectivity index (χ3n) is 2.80. The zero-order valence-corrected chi connectivity index (χ0v) is 13.1. The number of hydrogen-bond acceptors (Lipinski definition) is 4. The monoisotopic (exact) mass is 281 g/mol. The van der Waals surface area contributed by atoms with E-state index >= 15 is 0 Å². The fourth-order valence-corrected chi connectivity index (χ4v) is 1.73. The number of hydroxylamine groups is 1. The van der Waals surface area contributed by atoms with Crippen LogP contribution in [0.15, 0.2) is 18.2 Å². The highest BCUT2D eigenvalue weighted by Crippen LogP contribution is 2.31. The van der Waals surface area contributed by atoms with Crippen LogP contribution in [-0.2, 0) is 4.84 Å². The minimum absolute atomic E-state index is 0.110. The normalized spacial score (nSPS) is 12.2. The molecule has 0 saturated carbocycles. The van der Waals surface area contributed by atoms with Crippen molar-refractivity contribution in [3.05, 3.63) is 23.8 Å². The van der Waals surface area contributed by atoms with Gasteiger partial charge in [0.15, 0.2) is 11.5 Å². The third-order valence-corrected chi connectivity index (χ3v) is 2.80. The molecular formula is C16H27NO3.